The van der Waals surface area contributed by atoms with E-state index >= 15 is 0 Å². The van der Waals surface area contributed by atoms with E-state index in [0.717, 1.165) is 5.56 Å². The van der Waals surface area contributed by atoms with Gasteiger partial charge in [-0.25, -0.2) is 5.10 Å². The van der Waals surface area contributed by atoms with Gasteiger partial charge in [-0.3, -0.25) is 4.79 Å². The van der Waals surface area contributed by atoms with Crippen molar-refractivity contribution in [2.45, 2.75) is 18.9 Å². The van der Waals surface area contributed by atoms with Gasteiger partial charge in [0.05, 0.1) is 5.92 Å². The van der Waals surface area contributed by atoms with Crippen LogP contribution in [0.2, 0.25) is 0 Å². The molecule has 0 bridgehead atoms. The van der Waals surface area contributed by atoms with Crippen LogP contribution in [0.15, 0.2) is 34.7 Å². The number of hydrogen-bond donors (Lipinski definition) is 1. The maximum atomic E-state index is 12.0. The molecule has 1 saturated heterocycles. The van der Waals surface area contributed by atoms with Crippen LogP contribution in [0.5, 0.6) is 0 Å². The van der Waals surface area contributed by atoms with Crippen molar-refractivity contribution in [2.24, 2.45) is 0 Å². The van der Waals surface area contributed by atoms with Crippen molar-refractivity contribution in [3.63, 3.8) is 0 Å². The Labute approximate surface area is 115 Å². The molecule has 0 radical (unpaired) electrons. The minimum Gasteiger partial charge on any atom is -0.414 e. The second-order valence-corrected chi connectivity index (χ2v) is 4.98. The third-order valence-corrected chi connectivity index (χ3v) is 3.41. The molecule has 1 atom stereocenters. The number of carbonyl (C=O) groups excluding carboxylic acids is 1. The van der Waals surface area contributed by atoms with Crippen LogP contribution in [0.25, 0.3) is 0 Å². The SMILES string of the molecule is O=C1CC(c2n[nH]c(=S)o2)CN1Cc1ccccc1. The van der Waals surface area contributed by atoms with Crippen LogP contribution in [0, 0.1) is 4.84 Å². The molecule has 0 saturated carbocycles. The molecular formula is C13H13N3O2S. The van der Waals surface area contributed by atoms with Gasteiger partial charge < -0.3 is 9.32 Å². The van der Waals surface area contributed by atoms with Crippen LogP contribution in [-0.2, 0) is 11.3 Å². The summed E-state index contributed by atoms with van der Waals surface area (Å²) < 4.78 is 5.28. The molecule has 1 aromatic carbocycles. The smallest absolute Gasteiger partial charge is 0.284 e. The van der Waals surface area contributed by atoms with Gasteiger partial charge in [0.2, 0.25) is 11.8 Å². The first-order valence-corrected chi connectivity index (χ1v) is 6.50. The minimum atomic E-state index is -0.0100. The Hall–Kier alpha value is -1.95. The van der Waals surface area contributed by atoms with E-state index in [4.69, 9.17) is 16.6 Å². The number of carbonyl (C=O) groups is 1. The molecule has 1 aliphatic rings. The second-order valence-electron chi connectivity index (χ2n) is 4.61. The Morgan fingerprint density at radius 3 is 2.89 bits per heavy atom. The number of hydrogen-bond acceptors (Lipinski definition) is 4. The van der Waals surface area contributed by atoms with Gasteiger partial charge in [-0.1, -0.05) is 30.3 Å². The Balaban J connectivity index is 1.72. The summed E-state index contributed by atoms with van der Waals surface area (Å²) in [5.41, 5.74) is 1.12. The maximum Gasteiger partial charge on any atom is 0.284 e. The fourth-order valence-corrected chi connectivity index (χ4v) is 2.44. The number of nitrogens with zero attached hydrogens (tertiary/aromatic N) is 2. The third kappa shape index (κ3) is 2.58. The molecule has 0 aliphatic carbocycles. The lowest BCUT2D eigenvalue weighted by molar-refractivity contribution is -0.128. The summed E-state index contributed by atoms with van der Waals surface area (Å²) >= 11 is 4.85. The Morgan fingerprint density at radius 1 is 1.42 bits per heavy atom. The minimum absolute atomic E-state index is 0.0100. The Bertz CT molecular complexity index is 635. The predicted octanol–water partition coefficient (Wildman–Crippen LogP) is 2.25. The van der Waals surface area contributed by atoms with Gasteiger partial charge in [0.25, 0.3) is 4.84 Å². The van der Waals surface area contributed by atoms with E-state index in [2.05, 4.69) is 10.2 Å². The molecule has 0 spiro atoms. The van der Waals surface area contributed by atoms with Crippen molar-refractivity contribution >= 4 is 18.1 Å². The van der Waals surface area contributed by atoms with Gasteiger partial charge in [0.1, 0.15) is 0 Å². The predicted molar refractivity (Wildman–Crippen MR) is 70.9 cm³/mol. The summed E-state index contributed by atoms with van der Waals surface area (Å²) in [6.07, 6.45) is 0.427. The van der Waals surface area contributed by atoms with Crippen LogP contribution in [-0.4, -0.2) is 27.5 Å². The highest BCUT2D eigenvalue weighted by atomic mass is 32.1. The average Bonchev–Trinajstić information content (AvgIpc) is 2.98. The maximum absolute atomic E-state index is 12.0. The van der Waals surface area contributed by atoms with E-state index in [1.165, 1.54) is 0 Å². The third-order valence-electron chi connectivity index (χ3n) is 3.23. The fraction of sp³-hybridized carbons (Fsp3) is 0.308. The lowest BCUT2D eigenvalue weighted by Gasteiger charge is -2.15. The lowest BCUT2D eigenvalue weighted by atomic mass is 10.1. The largest absolute Gasteiger partial charge is 0.414 e. The van der Waals surface area contributed by atoms with Crippen molar-refractivity contribution in [3.05, 3.63) is 46.6 Å². The molecule has 1 fully saturated rings. The molecule has 2 heterocycles. The lowest BCUT2D eigenvalue weighted by Crippen LogP contribution is -2.24. The van der Waals surface area contributed by atoms with Crippen LogP contribution in [0.4, 0.5) is 0 Å². The number of benzene rings is 1. The summed E-state index contributed by atoms with van der Waals surface area (Å²) in [5.74, 6) is 0.635. The van der Waals surface area contributed by atoms with Crippen LogP contribution in [0.1, 0.15) is 23.8 Å². The highest BCUT2D eigenvalue weighted by molar-refractivity contribution is 7.71. The first kappa shape index (κ1) is 12.1. The van der Waals surface area contributed by atoms with E-state index in [1.807, 2.05) is 35.2 Å². The standard InChI is InChI=1S/C13H13N3O2S/c17-11-6-10(12-14-15-13(19)18-12)8-16(11)7-9-4-2-1-3-5-9/h1-5,10H,6-8H2,(H,15,19). The molecule has 6 heteroatoms. The molecule has 3 rings (SSSR count). The van der Waals surface area contributed by atoms with Crippen molar-refractivity contribution in [1.29, 1.82) is 0 Å². The number of aromatic nitrogens is 2. The van der Waals surface area contributed by atoms with E-state index in [-0.39, 0.29) is 16.7 Å². The van der Waals surface area contributed by atoms with Crippen molar-refractivity contribution in [2.75, 3.05) is 6.54 Å². The van der Waals surface area contributed by atoms with Gasteiger partial charge >= 0.3 is 0 Å². The van der Waals surface area contributed by atoms with E-state index in [1.54, 1.807) is 0 Å². The number of amides is 1. The van der Waals surface area contributed by atoms with E-state index < -0.39 is 0 Å². The molecule has 1 N–H and O–H groups in total. The monoisotopic (exact) mass is 275 g/mol. The first-order chi connectivity index (χ1) is 9.22. The number of nitrogens with one attached hydrogen (secondary N) is 1. The quantitative estimate of drug-likeness (QED) is 0.873. The van der Waals surface area contributed by atoms with Crippen molar-refractivity contribution in [1.82, 2.24) is 15.1 Å². The average molecular weight is 275 g/mol. The molecular weight excluding hydrogens is 262 g/mol. The summed E-state index contributed by atoms with van der Waals surface area (Å²) in [4.78, 5) is 14.1. The molecule has 5 nitrogen and oxygen atoms in total. The summed E-state index contributed by atoms with van der Waals surface area (Å²) in [7, 11) is 0. The molecule has 1 aromatic heterocycles. The van der Waals surface area contributed by atoms with Gasteiger partial charge in [-0.05, 0) is 17.8 Å². The van der Waals surface area contributed by atoms with Gasteiger partial charge in [-0.2, -0.15) is 0 Å². The fourth-order valence-electron chi connectivity index (χ4n) is 2.31. The highest BCUT2D eigenvalue weighted by Gasteiger charge is 2.33. The van der Waals surface area contributed by atoms with Crippen LogP contribution >= 0.6 is 12.2 Å². The zero-order valence-electron chi connectivity index (χ0n) is 10.2. The molecule has 1 amide bonds. The van der Waals surface area contributed by atoms with Crippen LogP contribution in [0.3, 0.4) is 0 Å². The number of H-pyrrole nitrogens is 1. The number of aromatic amines is 1. The number of rotatable bonds is 3. The molecule has 1 unspecified atom stereocenters. The first-order valence-electron chi connectivity index (χ1n) is 6.09. The summed E-state index contributed by atoms with van der Waals surface area (Å²) in [5, 5.41) is 6.59. The van der Waals surface area contributed by atoms with E-state index in [0.29, 0.717) is 25.4 Å². The normalized spacial score (nSPS) is 19.1. The molecule has 19 heavy (non-hydrogen) atoms. The molecule has 1 aliphatic heterocycles. The van der Waals surface area contributed by atoms with E-state index in [9.17, 15) is 4.79 Å². The summed E-state index contributed by atoms with van der Waals surface area (Å²) in [6, 6.07) is 9.94. The van der Waals surface area contributed by atoms with Gasteiger partial charge in [-0.15, -0.1) is 5.10 Å². The summed E-state index contributed by atoms with van der Waals surface area (Å²) in [6.45, 7) is 1.25. The topological polar surface area (TPSA) is 62.1 Å². The Kier molecular flexibility index (Phi) is 3.16. The molecule has 98 valence electrons. The van der Waals surface area contributed by atoms with Crippen molar-refractivity contribution < 1.29 is 9.21 Å². The second kappa shape index (κ2) is 4.97. The van der Waals surface area contributed by atoms with Crippen LogP contribution < -0.4 is 0 Å². The van der Waals surface area contributed by atoms with Gasteiger partial charge in [0.15, 0.2) is 0 Å². The van der Waals surface area contributed by atoms with Crippen molar-refractivity contribution in [3.8, 4) is 0 Å². The Morgan fingerprint density at radius 2 is 2.21 bits per heavy atom. The van der Waals surface area contributed by atoms with Gasteiger partial charge in [0, 0.05) is 19.5 Å². The number of likely N-dealkylation sites (tertiary alicyclic amines) is 1. The highest BCUT2D eigenvalue weighted by Crippen LogP contribution is 2.27. The zero-order valence-corrected chi connectivity index (χ0v) is 11.0. The zero-order chi connectivity index (χ0) is 13.2. The molecule has 2 aromatic rings.